The van der Waals surface area contributed by atoms with E-state index >= 15 is 0 Å². The molecular formula is C21H20FN3O3. The van der Waals surface area contributed by atoms with E-state index in [1.807, 2.05) is 12.1 Å². The van der Waals surface area contributed by atoms with E-state index < -0.39 is 0 Å². The number of carbonyl (C=O) groups excluding carboxylic acids is 1. The zero-order chi connectivity index (χ0) is 19.7. The van der Waals surface area contributed by atoms with Crippen LogP contribution >= 0.6 is 0 Å². The number of hydrogen-bond acceptors (Lipinski definition) is 4. The first-order chi connectivity index (χ1) is 13.6. The molecule has 0 radical (unpaired) electrons. The van der Waals surface area contributed by atoms with Gasteiger partial charge in [-0.25, -0.2) is 4.39 Å². The lowest BCUT2D eigenvalue weighted by Crippen LogP contribution is -2.36. The second kappa shape index (κ2) is 7.34. The minimum Gasteiger partial charge on any atom is -0.493 e. The second-order valence-electron chi connectivity index (χ2n) is 6.63. The summed E-state index contributed by atoms with van der Waals surface area (Å²) < 4.78 is 23.8. The van der Waals surface area contributed by atoms with Crippen LogP contribution in [0.1, 0.15) is 21.6 Å². The maximum absolute atomic E-state index is 13.1. The summed E-state index contributed by atoms with van der Waals surface area (Å²) in [5, 5.41) is 7.00. The average molecular weight is 381 g/mol. The summed E-state index contributed by atoms with van der Waals surface area (Å²) in [4.78, 5) is 14.7. The maximum atomic E-state index is 13.1. The Balaban J connectivity index is 1.54. The van der Waals surface area contributed by atoms with Gasteiger partial charge in [0.25, 0.3) is 5.91 Å². The van der Waals surface area contributed by atoms with E-state index in [2.05, 4.69) is 10.2 Å². The van der Waals surface area contributed by atoms with Crippen LogP contribution in [-0.4, -0.2) is 41.8 Å². The molecular weight excluding hydrogens is 361 g/mol. The van der Waals surface area contributed by atoms with Crippen LogP contribution in [0.25, 0.3) is 11.3 Å². The number of aromatic nitrogens is 2. The third-order valence-corrected chi connectivity index (χ3v) is 4.95. The van der Waals surface area contributed by atoms with Crippen LogP contribution in [0.3, 0.4) is 0 Å². The lowest BCUT2D eigenvalue weighted by atomic mass is 9.98. The number of benzene rings is 2. The first-order valence-corrected chi connectivity index (χ1v) is 8.93. The number of hydrogen-bond donors (Lipinski definition) is 1. The normalized spacial score (nSPS) is 13.2. The van der Waals surface area contributed by atoms with E-state index in [9.17, 15) is 9.18 Å². The van der Waals surface area contributed by atoms with Gasteiger partial charge in [0.15, 0.2) is 11.5 Å². The highest BCUT2D eigenvalue weighted by Crippen LogP contribution is 2.33. The minimum atomic E-state index is -0.311. The molecule has 6 nitrogen and oxygen atoms in total. The number of rotatable bonds is 4. The first kappa shape index (κ1) is 18.0. The number of halogens is 1. The van der Waals surface area contributed by atoms with E-state index in [0.717, 1.165) is 23.1 Å². The third kappa shape index (κ3) is 3.31. The fraction of sp³-hybridized carbons (Fsp3) is 0.238. The van der Waals surface area contributed by atoms with Crippen molar-refractivity contribution in [2.45, 2.75) is 13.0 Å². The molecule has 0 fully saturated rings. The molecule has 0 saturated heterocycles. The molecule has 0 atom stereocenters. The third-order valence-electron chi connectivity index (χ3n) is 4.95. The molecule has 1 aromatic heterocycles. The molecule has 0 saturated carbocycles. The number of amides is 1. The van der Waals surface area contributed by atoms with Gasteiger partial charge < -0.3 is 14.4 Å². The average Bonchev–Trinajstić information content (AvgIpc) is 3.22. The summed E-state index contributed by atoms with van der Waals surface area (Å²) in [5.41, 5.74) is 3.95. The molecule has 1 aliphatic heterocycles. The van der Waals surface area contributed by atoms with Gasteiger partial charge in [0.05, 0.1) is 19.9 Å². The van der Waals surface area contributed by atoms with Gasteiger partial charge in [-0.05, 0) is 60.0 Å². The quantitative estimate of drug-likeness (QED) is 0.752. The van der Waals surface area contributed by atoms with Crippen LogP contribution in [-0.2, 0) is 13.0 Å². The Kier molecular flexibility index (Phi) is 4.73. The lowest BCUT2D eigenvalue weighted by molar-refractivity contribution is 0.0728. The first-order valence-electron chi connectivity index (χ1n) is 8.93. The number of carbonyl (C=O) groups is 1. The van der Waals surface area contributed by atoms with E-state index in [4.69, 9.17) is 9.47 Å². The molecule has 0 spiro atoms. The van der Waals surface area contributed by atoms with Crippen molar-refractivity contribution in [3.63, 3.8) is 0 Å². The van der Waals surface area contributed by atoms with Crippen molar-refractivity contribution in [2.75, 3.05) is 20.8 Å². The lowest BCUT2D eigenvalue weighted by Gasteiger charge is -2.29. The molecule has 3 aromatic rings. The summed E-state index contributed by atoms with van der Waals surface area (Å²) >= 11 is 0. The SMILES string of the molecule is COc1cc2c(cc1OC)CN(C(=O)c1cc(-c3ccc(F)cc3)n[nH]1)CC2. The Hall–Kier alpha value is -3.35. The monoisotopic (exact) mass is 381 g/mol. The van der Waals surface area contributed by atoms with Crippen molar-refractivity contribution in [1.82, 2.24) is 15.1 Å². The van der Waals surface area contributed by atoms with Crippen LogP contribution in [0.4, 0.5) is 4.39 Å². The van der Waals surface area contributed by atoms with Gasteiger partial charge in [-0.2, -0.15) is 5.10 Å². The Bertz CT molecular complexity index is 1010. The van der Waals surface area contributed by atoms with Crippen molar-refractivity contribution in [1.29, 1.82) is 0 Å². The van der Waals surface area contributed by atoms with Crippen molar-refractivity contribution in [2.24, 2.45) is 0 Å². The predicted octanol–water partition coefficient (Wildman–Crippen LogP) is 3.43. The number of H-pyrrole nitrogens is 1. The molecule has 1 N–H and O–H groups in total. The van der Waals surface area contributed by atoms with E-state index in [1.165, 1.54) is 12.1 Å². The van der Waals surface area contributed by atoms with Gasteiger partial charge >= 0.3 is 0 Å². The molecule has 28 heavy (non-hydrogen) atoms. The molecule has 4 rings (SSSR count). The van der Waals surface area contributed by atoms with E-state index in [0.29, 0.717) is 36.0 Å². The summed E-state index contributed by atoms with van der Waals surface area (Å²) in [6.07, 6.45) is 0.736. The number of methoxy groups -OCH3 is 2. The number of nitrogens with one attached hydrogen (secondary N) is 1. The van der Waals surface area contributed by atoms with E-state index in [1.54, 1.807) is 37.3 Å². The summed E-state index contributed by atoms with van der Waals surface area (Å²) in [7, 11) is 3.21. The van der Waals surface area contributed by atoms with Crippen molar-refractivity contribution in [3.05, 3.63) is 65.1 Å². The molecule has 0 unspecified atom stereocenters. The smallest absolute Gasteiger partial charge is 0.272 e. The van der Waals surface area contributed by atoms with Gasteiger partial charge in [0.2, 0.25) is 0 Å². The van der Waals surface area contributed by atoms with Gasteiger partial charge in [0.1, 0.15) is 11.5 Å². The van der Waals surface area contributed by atoms with Gasteiger partial charge in [-0.15, -0.1) is 0 Å². The highest BCUT2D eigenvalue weighted by molar-refractivity contribution is 5.93. The number of fused-ring (bicyclic) bond motifs is 1. The zero-order valence-corrected chi connectivity index (χ0v) is 15.7. The fourth-order valence-corrected chi connectivity index (χ4v) is 3.43. The number of nitrogens with zero attached hydrogens (tertiary/aromatic N) is 2. The molecule has 2 heterocycles. The van der Waals surface area contributed by atoms with Gasteiger partial charge in [-0.3, -0.25) is 9.89 Å². The molecule has 7 heteroatoms. The molecule has 1 amide bonds. The summed E-state index contributed by atoms with van der Waals surface area (Å²) in [6.45, 7) is 1.09. The van der Waals surface area contributed by atoms with Crippen LogP contribution in [0.15, 0.2) is 42.5 Å². The van der Waals surface area contributed by atoms with E-state index in [-0.39, 0.29) is 11.7 Å². The molecule has 2 aromatic carbocycles. The van der Waals surface area contributed by atoms with Crippen LogP contribution in [0, 0.1) is 5.82 Å². The fourth-order valence-electron chi connectivity index (χ4n) is 3.43. The Morgan fingerprint density at radius 3 is 2.43 bits per heavy atom. The maximum Gasteiger partial charge on any atom is 0.272 e. The standard InChI is InChI=1S/C21H20FN3O3/c1-27-19-9-14-7-8-25(12-15(14)10-20(19)28-2)21(26)18-11-17(23-24-18)13-3-5-16(22)6-4-13/h3-6,9-11H,7-8,12H2,1-2H3,(H,23,24). The zero-order valence-electron chi connectivity index (χ0n) is 15.7. The highest BCUT2D eigenvalue weighted by Gasteiger charge is 2.25. The largest absolute Gasteiger partial charge is 0.493 e. The predicted molar refractivity (Wildman–Crippen MR) is 102 cm³/mol. The Labute approximate surface area is 161 Å². The Morgan fingerprint density at radius 2 is 1.75 bits per heavy atom. The molecule has 0 bridgehead atoms. The number of aromatic amines is 1. The topological polar surface area (TPSA) is 67.5 Å². The summed E-state index contributed by atoms with van der Waals surface area (Å²) in [5.74, 6) is 0.908. The van der Waals surface area contributed by atoms with Crippen molar-refractivity contribution in [3.8, 4) is 22.8 Å². The summed E-state index contributed by atoms with van der Waals surface area (Å²) in [6, 6.07) is 11.6. The number of ether oxygens (including phenoxy) is 2. The molecule has 144 valence electrons. The highest BCUT2D eigenvalue weighted by atomic mass is 19.1. The minimum absolute atomic E-state index is 0.124. The molecule has 0 aliphatic carbocycles. The van der Waals surface area contributed by atoms with Crippen LogP contribution in [0.5, 0.6) is 11.5 Å². The van der Waals surface area contributed by atoms with Crippen LogP contribution in [0.2, 0.25) is 0 Å². The van der Waals surface area contributed by atoms with Crippen molar-refractivity contribution >= 4 is 5.91 Å². The van der Waals surface area contributed by atoms with Crippen molar-refractivity contribution < 1.29 is 18.7 Å². The van der Waals surface area contributed by atoms with Gasteiger partial charge in [-0.1, -0.05) is 0 Å². The van der Waals surface area contributed by atoms with Crippen LogP contribution < -0.4 is 9.47 Å². The second-order valence-corrected chi connectivity index (χ2v) is 6.63. The Morgan fingerprint density at radius 1 is 1.07 bits per heavy atom. The molecule has 1 aliphatic rings. The van der Waals surface area contributed by atoms with Gasteiger partial charge in [0, 0.05) is 18.7 Å².